The summed E-state index contributed by atoms with van der Waals surface area (Å²) in [6.07, 6.45) is 3.05. The van der Waals surface area contributed by atoms with Crippen LogP contribution in [0.25, 0.3) is 21.8 Å². The van der Waals surface area contributed by atoms with Crippen molar-refractivity contribution in [3.8, 4) is 0 Å². The summed E-state index contributed by atoms with van der Waals surface area (Å²) in [7, 11) is -3.44. The Kier molecular flexibility index (Phi) is 5.52. The molecule has 1 aliphatic heterocycles. The predicted octanol–water partition coefficient (Wildman–Crippen LogP) is 2.06. The lowest BCUT2D eigenvalue weighted by atomic mass is 9.83. The molecule has 2 fully saturated rings. The molecular formula is C23H30N4O3S. The number of hydrogen-bond donors (Lipinski definition) is 3. The Labute approximate surface area is 183 Å². The average molecular weight is 443 g/mol. The normalized spacial score (nSPS) is 25.3. The molecule has 0 spiro atoms. The number of sulfonamides is 1. The molecule has 1 saturated carbocycles. The van der Waals surface area contributed by atoms with Crippen molar-refractivity contribution in [2.75, 3.05) is 19.3 Å². The molecule has 1 saturated heterocycles. The number of benzene rings is 2. The van der Waals surface area contributed by atoms with Gasteiger partial charge >= 0.3 is 0 Å². The lowest BCUT2D eigenvalue weighted by Gasteiger charge is -2.38. The van der Waals surface area contributed by atoms with Crippen LogP contribution in [-0.2, 0) is 16.6 Å². The number of hydrogen-bond acceptors (Lipinski definition) is 5. The maximum atomic E-state index is 12.7. The molecule has 0 radical (unpaired) electrons. The first-order valence-corrected chi connectivity index (χ1v) is 12.9. The van der Waals surface area contributed by atoms with Crippen molar-refractivity contribution in [3.63, 3.8) is 0 Å². The van der Waals surface area contributed by atoms with Crippen molar-refractivity contribution in [2.45, 2.75) is 44.0 Å². The summed E-state index contributed by atoms with van der Waals surface area (Å²) in [5.74, 6) is 0.556. The fraction of sp³-hybridized carbons (Fsp3) is 0.478. The first-order chi connectivity index (χ1) is 14.9. The van der Waals surface area contributed by atoms with Crippen LogP contribution in [0.15, 0.2) is 48.5 Å². The van der Waals surface area contributed by atoms with E-state index in [-0.39, 0.29) is 18.6 Å². The van der Waals surface area contributed by atoms with E-state index < -0.39 is 16.1 Å². The zero-order chi connectivity index (χ0) is 21.6. The number of nitrogens with one attached hydrogen (secondary N) is 2. The lowest BCUT2D eigenvalue weighted by Crippen LogP contribution is -2.50. The number of aliphatic hydroxyl groups is 1. The molecule has 8 heteroatoms. The summed E-state index contributed by atoms with van der Waals surface area (Å²) < 4.78 is 29.0. The Morgan fingerprint density at radius 2 is 1.74 bits per heavy atom. The summed E-state index contributed by atoms with van der Waals surface area (Å²) in [6.45, 7) is 1.39. The van der Waals surface area contributed by atoms with E-state index in [0.29, 0.717) is 12.5 Å². The van der Waals surface area contributed by atoms with Crippen LogP contribution >= 0.6 is 0 Å². The summed E-state index contributed by atoms with van der Waals surface area (Å²) >= 11 is 0. The smallest absolute Gasteiger partial charge is 0.211 e. The van der Waals surface area contributed by atoms with Gasteiger partial charge in [0.1, 0.15) is 0 Å². The molecule has 4 atom stereocenters. The highest BCUT2D eigenvalue weighted by Gasteiger charge is 2.39. The minimum absolute atomic E-state index is 0.0866. The molecule has 1 aromatic heterocycles. The first-order valence-electron chi connectivity index (χ1n) is 11.0. The minimum atomic E-state index is -3.44. The van der Waals surface area contributed by atoms with Crippen LogP contribution in [0.1, 0.15) is 19.3 Å². The molecule has 0 bridgehead atoms. The van der Waals surface area contributed by atoms with Crippen LogP contribution in [0.4, 0.5) is 0 Å². The summed E-state index contributed by atoms with van der Waals surface area (Å²) in [6, 6.07) is 16.5. The van der Waals surface area contributed by atoms with Crippen molar-refractivity contribution >= 4 is 31.8 Å². The summed E-state index contributed by atoms with van der Waals surface area (Å²) in [5, 5.41) is 13.3. The van der Waals surface area contributed by atoms with Gasteiger partial charge in [0.15, 0.2) is 0 Å². The molecule has 2 heterocycles. The second-order valence-electron chi connectivity index (χ2n) is 8.99. The quantitative estimate of drug-likeness (QED) is 0.544. The van der Waals surface area contributed by atoms with Gasteiger partial charge in [-0.1, -0.05) is 36.4 Å². The molecule has 5 rings (SSSR count). The Hall–Kier alpha value is -1.97. The highest BCUT2D eigenvalue weighted by atomic mass is 32.2. The van der Waals surface area contributed by atoms with E-state index in [9.17, 15) is 13.5 Å². The van der Waals surface area contributed by atoms with E-state index in [2.05, 4.69) is 39.7 Å². The Balaban J connectivity index is 1.40. The minimum Gasteiger partial charge on any atom is -0.390 e. The molecule has 3 N–H and O–H groups in total. The van der Waals surface area contributed by atoms with Gasteiger partial charge in [-0.25, -0.2) is 8.42 Å². The fourth-order valence-electron chi connectivity index (χ4n) is 5.45. The Morgan fingerprint density at radius 3 is 2.39 bits per heavy atom. The van der Waals surface area contributed by atoms with Crippen LogP contribution in [0.5, 0.6) is 0 Å². The second-order valence-corrected chi connectivity index (χ2v) is 10.9. The van der Waals surface area contributed by atoms with E-state index in [1.807, 2.05) is 24.3 Å². The number of aliphatic hydroxyl groups excluding tert-OH is 1. The SMILES string of the molecule is CS(=O)(=O)N(CC(O)Cn1c2ccccc2c2ccccc21)C1CCC2CNNC2C1. The van der Waals surface area contributed by atoms with Crippen LogP contribution in [-0.4, -0.2) is 59.9 Å². The van der Waals surface area contributed by atoms with Gasteiger partial charge in [-0.05, 0) is 37.3 Å². The van der Waals surface area contributed by atoms with E-state index in [4.69, 9.17) is 0 Å². The maximum Gasteiger partial charge on any atom is 0.211 e. The van der Waals surface area contributed by atoms with E-state index in [1.54, 1.807) is 0 Å². The van der Waals surface area contributed by atoms with Gasteiger partial charge in [-0.15, -0.1) is 0 Å². The third kappa shape index (κ3) is 3.99. The van der Waals surface area contributed by atoms with Gasteiger partial charge in [-0.3, -0.25) is 10.9 Å². The summed E-state index contributed by atoms with van der Waals surface area (Å²) in [4.78, 5) is 0. The van der Waals surface area contributed by atoms with Crippen molar-refractivity contribution < 1.29 is 13.5 Å². The molecule has 2 aliphatic rings. The molecule has 2 aromatic carbocycles. The molecular weight excluding hydrogens is 412 g/mol. The van der Waals surface area contributed by atoms with Gasteiger partial charge in [0.05, 0.1) is 18.9 Å². The van der Waals surface area contributed by atoms with Gasteiger partial charge in [-0.2, -0.15) is 4.31 Å². The maximum absolute atomic E-state index is 12.7. The average Bonchev–Trinajstić information content (AvgIpc) is 3.34. The van der Waals surface area contributed by atoms with Crippen molar-refractivity contribution in [1.29, 1.82) is 0 Å². The second kappa shape index (κ2) is 8.18. The van der Waals surface area contributed by atoms with Crippen LogP contribution in [0.3, 0.4) is 0 Å². The largest absolute Gasteiger partial charge is 0.390 e. The molecule has 0 amide bonds. The van der Waals surface area contributed by atoms with Crippen LogP contribution in [0.2, 0.25) is 0 Å². The fourth-order valence-corrected chi connectivity index (χ4v) is 6.62. The zero-order valence-corrected chi connectivity index (χ0v) is 18.6. The monoisotopic (exact) mass is 442 g/mol. The Bertz CT molecular complexity index is 1140. The lowest BCUT2D eigenvalue weighted by molar-refractivity contribution is 0.102. The first kappa shape index (κ1) is 20.9. The van der Waals surface area contributed by atoms with Crippen molar-refractivity contribution in [2.24, 2.45) is 5.92 Å². The van der Waals surface area contributed by atoms with Gasteiger partial charge < -0.3 is 9.67 Å². The highest BCUT2D eigenvalue weighted by Crippen LogP contribution is 2.32. The molecule has 31 heavy (non-hydrogen) atoms. The number of rotatable bonds is 6. The van der Waals surface area contributed by atoms with Gasteiger partial charge in [0.2, 0.25) is 10.0 Å². The summed E-state index contributed by atoms with van der Waals surface area (Å²) in [5.41, 5.74) is 8.59. The molecule has 7 nitrogen and oxygen atoms in total. The van der Waals surface area contributed by atoms with Crippen molar-refractivity contribution in [3.05, 3.63) is 48.5 Å². The number of fused-ring (bicyclic) bond motifs is 4. The van der Waals surface area contributed by atoms with E-state index in [0.717, 1.165) is 47.6 Å². The van der Waals surface area contributed by atoms with Crippen LogP contribution < -0.4 is 10.9 Å². The third-order valence-corrected chi connectivity index (χ3v) is 8.21. The Morgan fingerprint density at radius 1 is 1.10 bits per heavy atom. The number of para-hydroxylation sites is 2. The van der Waals surface area contributed by atoms with Crippen molar-refractivity contribution in [1.82, 2.24) is 19.7 Å². The molecule has 1 aliphatic carbocycles. The van der Waals surface area contributed by atoms with Gasteiger partial charge in [0.25, 0.3) is 0 Å². The van der Waals surface area contributed by atoms with Crippen LogP contribution in [0, 0.1) is 5.92 Å². The number of aromatic nitrogens is 1. The predicted molar refractivity (Wildman–Crippen MR) is 123 cm³/mol. The van der Waals surface area contributed by atoms with Gasteiger partial charge in [0, 0.05) is 47.0 Å². The van der Waals surface area contributed by atoms with E-state index >= 15 is 0 Å². The molecule has 3 aromatic rings. The van der Waals surface area contributed by atoms with E-state index in [1.165, 1.54) is 10.6 Å². The standard InChI is InChI=1S/C23H30N4O3S/c1-31(29,30)27(17-11-10-16-13-24-25-21(16)12-17)15-18(28)14-26-22-8-4-2-6-19(22)20-7-3-5-9-23(20)26/h2-9,16-18,21,24-25,28H,10-15H2,1H3. The molecule has 4 unspecified atom stereocenters. The molecule has 166 valence electrons. The topological polar surface area (TPSA) is 86.6 Å². The third-order valence-electron chi connectivity index (χ3n) is 6.91. The number of hydrazine groups is 1. The zero-order valence-electron chi connectivity index (χ0n) is 17.7. The highest BCUT2D eigenvalue weighted by molar-refractivity contribution is 7.88. The number of nitrogens with zero attached hydrogens (tertiary/aromatic N) is 2.